The summed E-state index contributed by atoms with van der Waals surface area (Å²) in [5, 5.41) is 0. The predicted molar refractivity (Wildman–Crippen MR) is 48.4 cm³/mol. The van der Waals surface area contributed by atoms with Gasteiger partial charge in [0.15, 0.2) is 0 Å². The highest BCUT2D eigenvalue weighted by atomic mass is 35.5. The smallest absolute Gasteiger partial charge is 0.354 e. The minimum atomic E-state index is -0.371. The van der Waals surface area contributed by atoms with Crippen LogP contribution in [-0.4, -0.2) is 17.6 Å². The molecule has 0 bridgehead atoms. The lowest BCUT2D eigenvalue weighted by molar-refractivity contribution is 0.0520. The Labute approximate surface area is 76.5 Å². The van der Waals surface area contributed by atoms with Gasteiger partial charge < -0.3 is 15.5 Å². The standard InChI is InChI=1S/C7H10N2O2.ClH/c1-2-11-7(10)6-3-5(8)4-9-6;/h3-4,9H,2,8H2,1H3;1H. The Bertz CT molecular complexity index is 260. The second-order valence-corrected chi connectivity index (χ2v) is 2.07. The molecule has 0 amide bonds. The lowest BCUT2D eigenvalue weighted by atomic mass is 10.4. The van der Waals surface area contributed by atoms with E-state index < -0.39 is 0 Å². The van der Waals surface area contributed by atoms with Gasteiger partial charge in [-0.2, -0.15) is 0 Å². The highest BCUT2D eigenvalue weighted by molar-refractivity contribution is 5.88. The van der Waals surface area contributed by atoms with E-state index in [4.69, 9.17) is 10.5 Å². The van der Waals surface area contributed by atoms with E-state index in [0.29, 0.717) is 18.0 Å². The number of H-pyrrole nitrogens is 1. The maximum atomic E-state index is 10.9. The highest BCUT2D eigenvalue weighted by Crippen LogP contribution is 2.05. The van der Waals surface area contributed by atoms with Crippen molar-refractivity contribution in [1.29, 1.82) is 0 Å². The minimum Gasteiger partial charge on any atom is -0.461 e. The van der Waals surface area contributed by atoms with Crippen LogP contribution in [0.4, 0.5) is 5.69 Å². The molecule has 3 N–H and O–H groups in total. The molecule has 1 aromatic rings. The zero-order valence-corrected chi connectivity index (χ0v) is 7.48. The first kappa shape index (κ1) is 10.8. The number of nitrogens with one attached hydrogen (secondary N) is 1. The van der Waals surface area contributed by atoms with Gasteiger partial charge in [-0.1, -0.05) is 0 Å². The van der Waals surface area contributed by atoms with Crippen molar-refractivity contribution in [2.75, 3.05) is 12.3 Å². The average molecular weight is 191 g/mol. The number of hydrogen-bond donors (Lipinski definition) is 2. The van der Waals surface area contributed by atoms with Crippen molar-refractivity contribution in [3.63, 3.8) is 0 Å². The first-order valence-electron chi connectivity index (χ1n) is 3.35. The van der Waals surface area contributed by atoms with Gasteiger partial charge in [0.1, 0.15) is 5.69 Å². The molecule has 1 rings (SSSR count). The van der Waals surface area contributed by atoms with Crippen molar-refractivity contribution >= 4 is 24.1 Å². The summed E-state index contributed by atoms with van der Waals surface area (Å²) in [6.45, 7) is 2.13. The number of carbonyl (C=O) groups is 1. The van der Waals surface area contributed by atoms with E-state index in [2.05, 4.69) is 4.98 Å². The second kappa shape index (κ2) is 4.66. The van der Waals surface area contributed by atoms with Crippen LogP contribution in [0.15, 0.2) is 12.3 Å². The van der Waals surface area contributed by atoms with E-state index in [1.807, 2.05) is 0 Å². The Balaban J connectivity index is 0.00000121. The van der Waals surface area contributed by atoms with Crippen molar-refractivity contribution in [2.24, 2.45) is 0 Å². The summed E-state index contributed by atoms with van der Waals surface area (Å²) >= 11 is 0. The van der Waals surface area contributed by atoms with Gasteiger partial charge in [0.05, 0.1) is 12.3 Å². The minimum absolute atomic E-state index is 0. The van der Waals surface area contributed by atoms with Crippen LogP contribution in [0.5, 0.6) is 0 Å². The van der Waals surface area contributed by atoms with Crippen LogP contribution in [-0.2, 0) is 4.74 Å². The van der Waals surface area contributed by atoms with Crippen LogP contribution >= 0.6 is 12.4 Å². The van der Waals surface area contributed by atoms with Gasteiger partial charge in [0.2, 0.25) is 0 Å². The van der Waals surface area contributed by atoms with Crippen LogP contribution in [0.1, 0.15) is 17.4 Å². The summed E-state index contributed by atoms with van der Waals surface area (Å²) in [5.41, 5.74) is 6.30. The van der Waals surface area contributed by atoms with Crippen LogP contribution in [0.3, 0.4) is 0 Å². The van der Waals surface area contributed by atoms with Gasteiger partial charge >= 0.3 is 5.97 Å². The number of aromatic nitrogens is 1. The second-order valence-electron chi connectivity index (χ2n) is 2.07. The number of ether oxygens (including phenoxy) is 1. The normalized spacial score (nSPS) is 8.75. The van der Waals surface area contributed by atoms with E-state index >= 15 is 0 Å². The monoisotopic (exact) mass is 190 g/mol. The van der Waals surface area contributed by atoms with Gasteiger partial charge in [-0.25, -0.2) is 4.79 Å². The summed E-state index contributed by atoms with van der Waals surface area (Å²) in [7, 11) is 0. The molecule has 0 saturated carbocycles. The van der Waals surface area contributed by atoms with Crippen LogP contribution in [0.25, 0.3) is 0 Å². The fourth-order valence-corrected chi connectivity index (χ4v) is 0.738. The molecule has 0 atom stereocenters. The first-order valence-corrected chi connectivity index (χ1v) is 3.35. The third kappa shape index (κ3) is 2.47. The highest BCUT2D eigenvalue weighted by Gasteiger charge is 2.06. The zero-order valence-electron chi connectivity index (χ0n) is 6.66. The molecule has 0 fully saturated rings. The summed E-state index contributed by atoms with van der Waals surface area (Å²) in [6.07, 6.45) is 1.55. The number of nitrogen functional groups attached to an aromatic ring is 1. The summed E-state index contributed by atoms with van der Waals surface area (Å²) in [4.78, 5) is 13.6. The molecule has 4 nitrogen and oxygen atoms in total. The number of esters is 1. The van der Waals surface area contributed by atoms with Crippen LogP contribution in [0, 0.1) is 0 Å². The maximum absolute atomic E-state index is 10.9. The third-order valence-corrected chi connectivity index (χ3v) is 1.20. The summed E-state index contributed by atoms with van der Waals surface area (Å²) in [6, 6.07) is 1.54. The molecule has 68 valence electrons. The Morgan fingerprint density at radius 3 is 2.83 bits per heavy atom. The fourth-order valence-electron chi connectivity index (χ4n) is 0.738. The van der Waals surface area contributed by atoms with Gasteiger partial charge in [0, 0.05) is 6.20 Å². The fraction of sp³-hybridized carbons (Fsp3) is 0.286. The van der Waals surface area contributed by atoms with E-state index in [0.717, 1.165) is 0 Å². The molecule has 12 heavy (non-hydrogen) atoms. The summed E-state index contributed by atoms with van der Waals surface area (Å²) in [5.74, 6) is -0.371. The number of hydrogen-bond acceptors (Lipinski definition) is 3. The number of rotatable bonds is 2. The molecular weight excluding hydrogens is 180 g/mol. The number of carbonyl (C=O) groups excluding carboxylic acids is 1. The Hall–Kier alpha value is -1.16. The van der Waals surface area contributed by atoms with Crippen molar-refractivity contribution < 1.29 is 9.53 Å². The molecule has 0 aromatic carbocycles. The van der Waals surface area contributed by atoms with Crippen molar-refractivity contribution in [1.82, 2.24) is 4.98 Å². The van der Waals surface area contributed by atoms with Gasteiger partial charge in [0.25, 0.3) is 0 Å². The van der Waals surface area contributed by atoms with Crippen molar-refractivity contribution in [3.8, 4) is 0 Å². The molecule has 5 heteroatoms. The topological polar surface area (TPSA) is 68.1 Å². The predicted octanol–water partition coefficient (Wildman–Crippen LogP) is 1.20. The van der Waals surface area contributed by atoms with E-state index in [1.165, 1.54) is 6.07 Å². The SMILES string of the molecule is CCOC(=O)c1cc(N)c[nH]1.Cl. The molecule has 0 unspecified atom stereocenters. The van der Waals surface area contributed by atoms with Gasteiger partial charge in [-0.15, -0.1) is 12.4 Å². The molecule has 0 aliphatic heterocycles. The van der Waals surface area contributed by atoms with E-state index in [1.54, 1.807) is 13.1 Å². The van der Waals surface area contributed by atoms with E-state index in [9.17, 15) is 4.79 Å². The average Bonchev–Trinajstić information content (AvgIpc) is 2.36. The van der Waals surface area contributed by atoms with Crippen LogP contribution in [0.2, 0.25) is 0 Å². The van der Waals surface area contributed by atoms with E-state index in [-0.39, 0.29) is 18.4 Å². The molecule has 0 spiro atoms. The molecule has 0 saturated heterocycles. The first-order chi connectivity index (χ1) is 5.24. The van der Waals surface area contributed by atoms with Crippen molar-refractivity contribution in [3.05, 3.63) is 18.0 Å². The molecule has 1 aromatic heterocycles. The molecular formula is C7H11ClN2O2. The number of halogens is 1. The third-order valence-electron chi connectivity index (χ3n) is 1.20. The molecule has 0 aliphatic rings. The Morgan fingerprint density at radius 1 is 1.75 bits per heavy atom. The lowest BCUT2D eigenvalue weighted by Crippen LogP contribution is -2.04. The zero-order chi connectivity index (χ0) is 8.27. The van der Waals surface area contributed by atoms with Crippen LogP contribution < -0.4 is 5.73 Å². The Kier molecular flexibility index (Phi) is 4.21. The van der Waals surface area contributed by atoms with Crippen molar-refractivity contribution in [2.45, 2.75) is 6.92 Å². The number of nitrogens with two attached hydrogens (primary N) is 1. The lowest BCUT2D eigenvalue weighted by Gasteiger charge is -1.96. The molecule has 0 aliphatic carbocycles. The quantitative estimate of drug-likeness (QED) is 0.689. The molecule has 0 radical (unpaired) electrons. The largest absolute Gasteiger partial charge is 0.461 e. The molecule has 1 heterocycles. The summed E-state index contributed by atoms with van der Waals surface area (Å²) < 4.78 is 4.72. The number of aromatic amines is 1. The Morgan fingerprint density at radius 2 is 2.42 bits per heavy atom. The van der Waals surface area contributed by atoms with Gasteiger partial charge in [-0.05, 0) is 13.0 Å². The maximum Gasteiger partial charge on any atom is 0.354 e. The van der Waals surface area contributed by atoms with Gasteiger partial charge in [-0.3, -0.25) is 0 Å². The number of anilines is 1.